The van der Waals surface area contributed by atoms with E-state index < -0.39 is 15.9 Å². The van der Waals surface area contributed by atoms with Crippen molar-refractivity contribution < 1.29 is 22.7 Å². The third kappa shape index (κ3) is 6.19. The minimum Gasteiger partial charge on any atom is -0.497 e. The molecule has 0 spiro atoms. The number of carbonyl (C=O) groups is 2. The molecule has 37 heavy (non-hydrogen) atoms. The molecule has 188 valence electrons. The van der Waals surface area contributed by atoms with Crippen LogP contribution in [0.5, 0.6) is 5.75 Å². The predicted octanol–water partition coefficient (Wildman–Crippen LogP) is 6.40. The molecule has 0 unspecified atom stereocenters. The number of anilines is 2. The van der Waals surface area contributed by atoms with Crippen LogP contribution in [0.15, 0.2) is 100 Å². The molecule has 0 aromatic heterocycles. The molecular formula is C27H20BrClN2O5S. The van der Waals surface area contributed by atoms with Gasteiger partial charge in [0, 0.05) is 26.9 Å². The Hall–Kier alpha value is -3.66. The second-order valence-corrected chi connectivity index (χ2v) is 10.8. The van der Waals surface area contributed by atoms with Crippen LogP contribution in [-0.4, -0.2) is 27.2 Å². The van der Waals surface area contributed by atoms with E-state index in [1.54, 1.807) is 54.6 Å². The minimum atomic E-state index is -3.83. The van der Waals surface area contributed by atoms with Crippen LogP contribution in [0.3, 0.4) is 0 Å². The van der Waals surface area contributed by atoms with E-state index in [1.165, 1.54) is 43.5 Å². The fourth-order valence-electron chi connectivity index (χ4n) is 3.46. The number of benzene rings is 4. The lowest BCUT2D eigenvalue weighted by Gasteiger charge is -2.13. The van der Waals surface area contributed by atoms with Gasteiger partial charge in [-0.3, -0.25) is 14.3 Å². The molecule has 4 aromatic rings. The lowest BCUT2D eigenvalue weighted by molar-refractivity contribution is 0.102. The zero-order valence-corrected chi connectivity index (χ0v) is 22.5. The molecule has 1 amide bonds. The molecule has 0 bridgehead atoms. The van der Waals surface area contributed by atoms with Crippen molar-refractivity contribution in [1.82, 2.24) is 0 Å². The summed E-state index contributed by atoms with van der Waals surface area (Å²) in [6.45, 7) is 0. The van der Waals surface area contributed by atoms with Crippen molar-refractivity contribution in [3.8, 4) is 5.75 Å². The zero-order valence-electron chi connectivity index (χ0n) is 19.4. The summed E-state index contributed by atoms with van der Waals surface area (Å²) >= 11 is 9.56. The maximum absolute atomic E-state index is 13.2. The van der Waals surface area contributed by atoms with Crippen LogP contribution in [-0.2, 0) is 10.0 Å². The van der Waals surface area contributed by atoms with Crippen LogP contribution in [0.2, 0.25) is 5.02 Å². The lowest BCUT2D eigenvalue weighted by atomic mass is 10.0. The Balaban J connectivity index is 1.52. The Morgan fingerprint density at radius 2 is 1.54 bits per heavy atom. The van der Waals surface area contributed by atoms with Gasteiger partial charge in [0.2, 0.25) is 0 Å². The van der Waals surface area contributed by atoms with Crippen LogP contribution < -0.4 is 14.8 Å². The van der Waals surface area contributed by atoms with Crippen LogP contribution >= 0.6 is 27.5 Å². The van der Waals surface area contributed by atoms with Gasteiger partial charge in [-0.25, -0.2) is 8.42 Å². The van der Waals surface area contributed by atoms with Gasteiger partial charge >= 0.3 is 0 Å². The number of sulfonamides is 1. The fraction of sp³-hybridized carbons (Fsp3) is 0.0370. The Morgan fingerprint density at radius 1 is 0.865 bits per heavy atom. The van der Waals surface area contributed by atoms with Gasteiger partial charge in [-0.05, 0) is 78.9 Å². The minimum absolute atomic E-state index is 0.0704. The molecule has 0 aliphatic carbocycles. The normalized spacial score (nSPS) is 11.0. The molecule has 0 radical (unpaired) electrons. The molecule has 10 heteroatoms. The van der Waals surface area contributed by atoms with Gasteiger partial charge in [0.05, 0.1) is 22.7 Å². The smallest absolute Gasteiger partial charge is 0.261 e. The average Bonchev–Trinajstić information content (AvgIpc) is 2.89. The third-order valence-electron chi connectivity index (χ3n) is 5.36. The Labute approximate surface area is 227 Å². The van der Waals surface area contributed by atoms with E-state index in [0.29, 0.717) is 26.5 Å². The molecule has 0 atom stereocenters. The Morgan fingerprint density at radius 3 is 2.19 bits per heavy atom. The summed E-state index contributed by atoms with van der Waals surface area (Å²) in [5.41, 5.74) is 1.44. The number of hydrogen-bond donors (Lipinski definition) is 2. The van der Waals surface area contributed by atoms with Gasteiger partial charge in [-0.15, -0.1) is 0 Å². The highest BCUT2D eigenvalue weighted by Crippen LogP contribution is 2.27. The standard InChI is InChI=1S/C27H20BrClN2O5S/c1-36-20-11-13-21(14-12-20)37(34,35)31-19-9-6-17(7-10-19)27(33)30-25-15-8-18(28)16-23(25)26(32)22-4-2-3-5-24(22)29/h2-16,31H,1H3,(H,30,33). The molecule has 0 heterocycles. The van der Waals surface area contributed by atoms with Gasteiger partial charge in [0.25, 0.3) is 15.9 Å². The van der Waals surface area contributed by atoms with E-state index in [0.717, 1.165) is 0 Å². The van der Waals surface area contributed by atoms with E-state index >= 15 is 0 Å². The summed E-state index contributed by atoms with van der Waals surface area (Å²) in [6.07, 6.45) is 0. The number of hydrogen-bond acceptors (Lipinski definition) is 5. The van der Waals surface area contributed by atoms with Gasteiger partial charge in [-0.2, -0.15) is 0 Å². The molecule has 0 saturated carbocycles. The molecule has 7 nitrogen and oxygen atoms in total. The number of nitrogens with one attached hydrogen (secondary N) is 2. The van der Waals surface area contributed by atoms with E-state index in [9.17, 15) is 18.0 Å². The third-order valence-corrected chi connectivity index (χ3v) is 7.58. The van der Waals surface area contributed by atoms with Crippen LogP contribution in [0, 0.1) is 0 Å². The molecule has 0 aliphatic heterocycles. The fourth-order valence-corrected chi connectivity index (χ4v) is 5.10. The van der Waals surface area contributed by atoms with Crippen molar-refractivity contribution in [2.45, 2.75) is 4.90 Å². The van der Waals surface area contributed by atoms with Gasteiger partial charge < -0.3 is 10.1 Å². The van der Waals surface area contributed by atoms with Crippen LogP contribution in [0.25, 0.3) is 0 Å². The number of ether oxygens (including phenoxy) is 1. The van der Waals surface area contributed by atoms with E-state index in [2.05, 4.69) is 26.0 Å². The number of methoxy groups -OCH3 is 1. The molecule has 4 rings (SSSR count). The first-order valence-corrected chi connectivity index (χ1v) is 13.5. The van der Waals surface area contributed by atoms with Crippen LogP contribution in [0.1, 0.15) is 26.3 Å². The maximum Gasteiger partial charge on any atom is 0.261 e. The topological polar surface area (TPSA) is 102 Å². The number of halogens is 2. The van der Waals surface area contributed by atoms with E-state index in [4.69, 9.17) is 16.3 Å². The van der Waals surface area contributed by atoms with Crippen molar-refractivity contribution in [1.29, 1.82) is 0 Å². The quantitative estimate of drug-likeness (QED) is 0.228. The molecule has 0 fully saturated rings. The summed E-state index contributed by atoms with van der Waals surface area (Å²) in [5, 5.41) is 3.06. The highest BCUT2D eigenvalue weighted by molar-refractivity contribution is 9.10. The largest absolute Gasteiger partial charge is 0.497 e. The number of rotatable bonds is 8. The van der Waals surface area contributed by atoms with Crippen molar-refractivity contribution >= 4 is 60.6 Å². The average molecular weight is 600 g/mol. The first-order chi connectivity index (χ1) is 17.7. The van der Waals surface area contributed by atoms with Crippen molar-refractivity contribution in [2.24, 2.45) is 0 Å². The number of amides is 1. The number of ketones is 1. The summed E-state index contributed by atoms with van der Waals surface area (Å²) in [7, 11) is -2.33. The zero-order chi connectivity index (χ0) is 26.6. The number of carbonyl (C=O) groups excluding carboxylic acids is 2. The molecule has 0 saturated heterocycles. The van der Waals surface area contributed by atoms with E-state index in [-0.39, 0.29) is 27.5 Å². The summed E-state index contributed by atoms with van der Waals surface area (Å²) in [6, 6.07) is 23.5. The maximum atomic E-state index is 13.2. The van der Waals surface area contributed by atoms with Gasteiger partial charge in [0.15, 0.2) is 5.78 Å². The monoisotopic (exact) mass is 598 g/mol. The van der Waals surface area contributed by atoms with Crippen molar-refractivity contribution in [2.75, 3.05) is 17.1 Å². The SMILES string of the molecule is COc1ccc(S(=O)(=O)Nc2ccc(C(=O)Nc3ccc(Br)cc3C(=O)c3ccccc3Cl)cc2)cc1. The lowest BCUT2D eigenvalue weighted by Crippen LogP contribution is -2.16. The second kappa shape index (κ2) is 11.2. The Kier molecular flexibility index (Phi) is 7.97. The molecular weight excluding hydrogens is 580 g/mol. The molecule has 0 aliphatic rings. The van der Waals surface area contributed by atoms with E-state index in [1.807, 2.05) is 0 Å². The second-order valence-electron chi connectivity index (χ2n) is 7.81. The van der Waals surface area contributed by atoms with Crippen molar-refractivity contribution in [3.05, 3.63) is 117 Å². The molecule has 4 aromatic carbocycles. The van der Waals surface area contributed by atoms with Crippen molar-refractivity contribution in [3.63, 3.8) is 0 Å². The van der Waals surface area contributed by atoms with Crippen LogP contribution in [0.4, 0.5) is 11.4 Å². The summed E-state index contributed by atoms with van der Waals surface area (Å²) < 4.78 is 33.5. The first kappa shape index (κ1) is 26.4. The highest BCUT2D eigenvalue weighted by atomic mass is 79.9. The summed E-state index contributed by atoms with van der Waals surface area (Å²) in [4.78, 5) is 26.2. The van der Waals surface area contributed by atoms with Gasteiger partial charge in [0.1, 0.15) is 5.75 Å². The summed E-state index contributed by atoms with van der Waals surface area (Å²) in [5.74, 6) is -0.276. The highest BCUT2D eigenvalue weighted by Gasteiger charge is 2.19. The predicted molar refractivity (Wildman–Crippen MR) is 147 cm³/mol. The van der Waals surface area contributed by atoms with Gasteiger partial charge in [-0.1, -0.05) is 39.7 Å². The Bertz CT molecular complexity index is 1570. The molecule has 2 N–H and O–H groups in total. The first-order valence-electron chi connectivity index (χ1n) is 10.8.